The van der Waals surface area contributed by atoms with Crippen LogP contribution in [-0.2, 0) is 4.74 Å². The minimum absolute atomic E-state index is 0.0755. The molecular formula is C17H20IN3O3S. The number of hydrogen-bond donors (Lipinski definition) is 1. The van der Waals surface area contributed by atoms with Crippen molar-refractivity contribution in [3.63, 3.8) is 0 Å². The number of amides is 2. The largest absolute Gasteiger partial charge is 0.443 e. The van der Waals surface area contributed by atoms with Gasteiger partial charge in [-0.1, -0.05) is 23.5 Å². The van der Waals surface area contributed by atoms with Crippen LogP contribution in [0.4, 0.5) is 9.80 Å². The average Bonchev–Trinajstić information content (AvgIpc) is 2.91. The Labute approximate surface area is 164 Å². The van der Waals surface area contributed by atoms with Crippen molar-refractivity contribution >= 4 is 50.9 Å². The van der Waals surface area contributed by atoms with Crippen LogP contribution in [0.25, 0.3) is 10.6 Å². The summed E-state index contributed by atoms with van der Waals surface area (Å²) in [4.78, 5) is 30.1. The Hall–Kier alpha value is -1.68. The fourth-order valence-corrected chi connectivity index (χ4v) is 3.74. The summed E-state index contributed by atoms with van der Waals surface area (Å²) in [5.41, 5.74) is 5.78. The third-order valence-corrected chi connectivity index (χ3v) is 4.89. The number of aromatic nitrogens is 1. The maximum absolute atomic E-state index is 12.5. The molecule has 1 aromatic heterocycles. The van der Waals surface area contributed by atoms with Crippen LogP contribution in [0.2, 0.25) is 0 Å². The van der Waals surface area contributed by atoms with Crippen LogP contribution in [0, 0.1) is 3.57 Å². The number of carbonyl (C=O) groups excluding carboxylic acids is 2. The van der Waals surface area contributed by atoms with E-state index in [9.17, 15) is 9.59 Å². The van der Waals surface area contributed by atoms with Gasteiger partial charge < -0.3 is 10.5 Å². The first-order valence-corrected chi connectivity index (χ1v) is 9.59. The van der Waals surface area contributed by atoms with E-state index in [0.29, 0.717) is 16.6 Å². The van der Waals surface area contributed by atoms with Gasteiger partial charge in [0.15, 0.2) is 5.69 Å². The lowest BCUT2D eigenvalue weighted by Gasteiger charge is -2.25. The maximum atomic E-state index is 12.5. The number of rotatable bonds is 4. The summed E-state index contributed by atoms with van der Waals surface area (Å²) in [6.45, 7) is 7.51. The number of ether oxygens (including phenoxy) is 1. The molecule has 2 N–H and O–H groups in total. The number of benzene rings is 1. The molecule has 0 aliphatic carbocycles. The van der Waals surface area contributed by atoms with Crippen molar-refractivity contribution in [1.82, 2.24) is 4.98 Å². The molecule has 2 amide bonds. The van der Waals surface area contributed by atoms with Gasteiger partial charge in [0.25, 0.3) is 5.91 Å². The third kappa shape index (κ3) is 4.91. The van der Waals surface area contributed by atoms with Gasteiger partial charge in [0.2, 0.25) is 0 Å². The van der Waals surface area contributed by atoms with E-state index in [-0.39, 0.29) is 5.69 Å². The molecule has 8 heteroatoms. The maximum Gasteiger partial charge on any atom is 0.415 e. The van der Waals surface area contributed by atoms with Gasteiger partial charge in [0, 0.05) is 15.7 Å². The summed E-state index contributed by atoms with van der Waals surface area (Å²) in [7, 11) is 0. The van der Waals surface area contributed by atoms with E-state index in [1.807, 2.05) is 24.3 Å². The Bertz CT molecular complexity index is 799. The minimum Gasteiger partial charge on any atom is -0.443 e. The number of primary amides is 1. The van der Waals surface area contributed by atoms with Crippen LogP contribution in [0.15, 0.2) is 24.3 Å². The van der Waals surface area contributed by atoms with Crippen molar-refractivity contribution in [3.8, 4) is 10.6 Å². The number of nitrogens with two attached hydrogens (primary N) is 1. The first kappa shape index (κ1) is 19.6. The van der Waals surface area contributed by atoms with Gasteiger partial charge in [-0.25, -0.2) is 9.78 Å². The smallest absolute Gasteiger partial charge is 0.415 e. The summed E-state index contributed by atoms with van der Waals surface area (Å²) >= 11 is 3.45. The van der Waals surface area contributed by atoms with Crippen LogP contribution in [0.5, 0.6) is 0 Å². The highest BCUT2D eigenvalue weighted by atomic mass is 127. The van der Waals surface area contributed by atoms with Crippen molar-refractivity contribution in [3.05, 3.63) is 33.5 Å². The van der Waals surface area contributed by atoms with Gasteiger partial charge in [0.1, 0.15) is 15.6 Å². The van der Waals surface area contributed by atoms with Crippen molar-refractivity contribution in [2.45, 2.75) is 33.3 Å². The van der Waals surface area contributed by atoms with Gasteiger partial charge in [-0.3, -0.25) is 9.69 Å². The normalized spacial score (nSPS) is 11.2. The summed E-state index contributed by atoms with van der Waals surface area (Å²) in [5, 5.41) is 1.03. The fraction of sp³-hybridized carbons (Fsp3) is 0.353. The van der Waals surface area contributed by atoms with E-state index in [4.69, 9.17) is 10.5 Å². The Morgan fingerprint density at radius 2 is 2.04 bits per heavy atom. The molecule has 0 aliphatic heterocycles. The highest BCUT2D eigenvalue weighted by molar-refractivity contribution is 14.1. The quantitative estimate of drug-likeness (QED) is 0.672. The molecule has 0 bridgehead atoms. The first-order valence-electron chi connectivity index (χ1n) is 7.69. The van der Waals surface area contributed by atoms with E-state index < -0.39 is 17.6 Å². The summed E-state index contributed by atoms with van der Waals surface area (Å²) in [6, 6.07) is 7.73. The highest BCUT2D eigenvalue weighted by Gasteiger charge is 2.28. The molecule has 25 heavy (non-hydrogen) atoms. The number of halogens is 1. The number of anilines is 1. The van der Waals surface area contributed by atoms with Crippen molar-refractivity contribution in [2.75, 3.05) is 11.4 Å². The van der Waals surface area contributed by atoms with Crippen molar-refractivity contribution < 1.29 is 14.3 Å². The molecule has 1 aromatic carbocycles. The number of carbonyl (C=O) groups is 2. The Balaban J connectivity index is 2.48. The molecule has 134 valence electrons. The second kappa shape index (κ2) is 7.69. The lowest BCUT2D eigenvalue weighted by atomic mass is 10.2. The summed E-state index contributed by atoms with van der Waals surface area (Å²) in [6.07, 6.45) is -0.532. The monoisotopic (exact) mass is 473 g/mol. The number of nitrogens with zero attached hydrogens (tertiary/aromatic N) is 2. The predicted molar refractivity (Wildman–Crippen MR) is 108 cm³/mol. The van der Waals surface area contributed by atoms with Gasteiger partial charge in [-0.05, 0) is 62.4 Å². The molecule has 1 heterocycles. The fourth-order valence-electron chi connectivity index (χ4n) is 2.07. The topological polar surface area (TPSA) is 85.5 Å². The lowest BCUT2D eigenvalue weighted by Crippen LogP contribution is -2.37. The standard InChI is InChI=1S/C17H20IN3O3S/c1-5-21(16(23)24-17(2,3)4)15-12(13(19)22)20-14(25-15)10-7-6-8-11(18)9-10/h6-9H,5H2,1-4H3,(H2,19,22). The van der Waals surface area contributed by atoms with E-state index in [2.05, 4.69) is 27.6 Å². The van der Waals surface area contributed by atoms with Crippen LogP contribution in [0.1, 0.15) is 38.2 Å². The number of thiazole rings is 1. The molecule has 2 rings (SSSR count). The second-order valence-corrected chi connectivity index (χ2v) is 8.50. The molecule has 0 unspecified atom stereocenters. The van der Waals surface area contributed by atoms with E-state index >= 15 is 0 Å². The Kier molecular flexibility index (Phi) is 6.04. The van der Waals surface area contributed by atoms with E-state index in [0.717, 1.165) is 9.13 Å². The Morgan fingerprint density at radius 1 is 1.36 bits per heavy atom. The number of hydrogen-bond acceptors (Lipinski definition) is 5. The zero-order valence-corrected chi connectivity index (χ0v) is 17.5. The molecule has 0 fully saturated rings. The van der Waals surface area contributed by atoms with Crippen LogP contribution in [-0.4, -0.2) is 29.1 Å². The van der Waals surface area contributed by atoms with E-state index in [1.54, 1.807) is 27.7 Å². The first-order chi connectivity index (χ1) is 11.6. The van der Waals surface area contributed by atoms with E-state index in [1.165, 1.54) is 16.2 Å². The molecule has 2 aromatic rings. The molecule has 6 nitrogen and oxygen atoms in total. The molecule has 0 spiro atoms. The van der Waals surface area contributed by atoms with Crippen LogP contribution >= 0.6 is 33.9 Å². The summed E-state index contributed by atoms with van der Waals surface area (Å²) in [5.74, 6) is -0.676. The minimum atomic E-state index is -0.676. The van der Waals surface area contributed by atoms with Gasteiger partial charge in [-0.2, -0.15) is 0 Å². The average molecular weight is 473 g/mol. The third-order valence-electron chi connectivity index (χ3n) is 3.09. The van der Waals surface area contributed by atoms with Crippen molar-refractivity contribution in [2.24, 2.45) is 5.73 Å². The van der Waals surface area contributed by atoms with Gasteiger partial charge in [0.05, 0.1) is 0 Å². The molecule has 0 saturated carbocycles. The molecule has 0 saturated heterocycles. The van der Waals surface area contributed by atoms with Crippen LogP contribution in [0.3, 0.4) is 0 Å². The molecular weight excluding hydrogens is 453 g/mol. The zero-order chi connectivity index (χ0) is 18.8. The van der Waals surface area contributed by atoms with Gasteiger partial charge in [-0.15, -0.1) is 0 Å². The van der Waals surface area contributed by atoms with Crippen LogP contribution < -0.4 is 10.6 Å². The SMILES string of the molecule is CCN(C(=O)OC(C)(C)C)c1sc(-c2cccc(I)c2)nc1C(N)=O. The summed E-state index contributed by atoms with van der Waals surface area (Å²) < 4.78 is 6.47. The highest BCUT2D eigenvalue weighted by Crippen LogP contribution is 2.35. The predicted octanol–water partition coefficient (Wildman–Crippen LogP) is 4.28. The zero-order valence-electron chi connectivity index (χ0n) is 14.5. The van der Waals surface area contributed by atoms with Crippen molar-refractivity contribution in [1.29, 1.82) is 0 Å². The molecule has 0 aliphatic rings. The molecule has 0 radical (unpaired) electrons. The Morgan fingerprint density at radius 3 is 2.56 bits per heavy atom. The van der Waals surface area contributed by atoms with Gasteiger partial charge >= 0.3 is 6.09 Å². The lowest BCUT2D eigenvalue weighted by molar-refractivity contribution is 0.0583. The second-order valence-electron chi connectivity index (χ2n) is 6.27. The molecule has 0 atom stereocenters.